The van der Waals surface area contributed by atoms with E-state index >= 15 is 0 Å². The summed E-state index contributed by atoms with van der Waals surface area (Å²) in [6, 6.07) is 5.99. The Morgan fingerprint density at radius 1 is 0.963 bits per heavy atom. The van der Waals surface area contributed by atoms with Crippen LogP contribution in [0.1, 0.15) is 5.56 Å². The Morgan fingerprint density at radius 2 is 1.44 bits per heavy atom. The molecule has 0 aliphatic carbocycles. The maximum Gasteiger partial charge on any atom is 0.523 e. The lowest BCUT2D eigenvalue weighted by atomic mass is 10.2. The molecule has 1 fully saturated rings. The van der Waals surface area contributed by atoms with Crippen LogP contribution in [0.15, 0.2) is 29.2 Å². The predicted octanol–water partition coefficient (Wildman–Crippen LogP) is 1.35. The van der Waals surface area contributed by atoms with Crippen LogP contribution in [0.5, 0.6) is 0 Å². The number of aryl methyl sites for hydroxylation is 1. The molecule has 154 valence electrons. The van der Waals surface area contributed by atoms with Crippen molar-refractivity contribution in [2.75, 3.05) is 26.4 Å². The zero-order valence-corrected chi connectivity index (χ0v) is 15.6. The first-order valence-electron chi connectivity index (χ1n) is 7.56. The van der Waals surface area contributed by atoms with E-state index in [1.807, 2.05) is 0 Å². The minimum absolute atomic E-state index is 0.0338. The third kappa shape index (κ3) is 6.12. The predicted molar refractivity (Wildman–Crippen MR) is 84.7 cm³/mol. The van der Waals surface area contributed by atoms with E-state index in [-0.39, 0.29) is 24.7 Å². The van der Waals surface area contributed by atoms with E-state index in [0.29, 0.717) is 0 Å². The van der Waals surface area contributed by atoms with Crippen LogP contribution >= 0.6 is 0 Å². The highest BCUT2D eigenvalue weighted by molar-refractivity contribution is 7.87. The van der Waals surface area contributed by atoms with Crippen molar-refractivity contribution in [3.05, 3.63) is 29.8 Å². The Balaban J connectivity index is 1.78. The Morgan fingerprint density at radius 3 is 1.89 bits per heavy atom. The van der Waals surface area contributed by atoms with Gasteiger partial charge in [-0.3, -0.25) is 8.37 Å². The fourth-order valence-electron chi connectivity index (χ4n) is 1.95. The molecule has 0 saturated carbocycles. The van der Waals surface area contributed by atoms with Gasteiger partial charge in [0.25, 0.3) is 10.1 Å². The standard InChI is InChI=1S/C14H17F3O8S2/c1-10-2-4-13(5-3-10)26(18,19)24-8-11-6-23-12(7-22-11)9-25-27(20,21)14(15,16)17/h2-5,11-12H,6-9H2,1H3/t11-,12+/m0/s1. The molecular formula is C14H17F3O8S2. The molecular weight excluding hydrogens is 417 g/mol. The maximum atomic E-state index is 12.2. The normalized spacial score (nSPS) is 21.9. The van der Waals surface area contributed by atoms with Crippen LogP contribution in [0.3, 0.4) is 0 Å². The maximum absolute atomic E-state index is 12.2. The van der Waals surface area contributed by atoms with Gasteiger partial charge in [-0.25, -0.2) is 0 Å². The van der Waals surface area contributed by atoms with Gasteiger partial charge in [0.15, 0.2) is 0 Å². The molecule has 1 aliphatic rings. The van der Waals surface area contributed by atoms with Crippen molar-refractivity contribution in [3.63, 3.8) is 0 Å². The number of alkyl halides is 3. The Bertz CT molecular complexity index is 826. The Hall–Kier alpha value is -1.25. The van der Waals surface area contributed by atoms with Crippen molar-refractivity contribution in [2.45, 2.75) is 29.5 Å². The number of hydrogen-bond donors (Lipinski definition) is 0. The van der Waals surface area contributed by atoms with Crippen LogP contribution in [0, 0.1) is 6.92 Å². The van der Waals surface area contributed by atoms with Crippen molar-refractivity contribution < 1.29 is 47.8 Å². The number of ether oxygens (including phenoxy) is 2. The van der Waals surface area contributed by atoms with E-state index in [9.17, 15) is 30.0 Å². The van der Waals surface area contributed by atoms with Crippen LogP contribution in [0.25, 0.3) is 0 Å². The minimum Gasteiger partial charge on any atom is -0.371 e. The van der Waals surface area contributed by atoms with Crippen LogP contribution < -0.4 is 0 Å². The van der Waals surface area contributed by atoms with E-state index in [4.69, 9.17) is 13.7 Å². The van der Waals surface area contributed by atoms with Gasteiger partial charge < -0.3 is 9.47 Å². The lowest BCUT2D eigenvalue weighted by Crippen LogP contribution is -2.41. The fourth-order valence-corrected chi connectivity index (χ4v) is 3.35. The monoisotopic (exact) mass is 434 g/mol. The van der Waals surface area contributed by atoms with Crippen molar-refractivity contribution in [1.29, 1.82) is 0 Å². The number of benzene rings is 1. The average Bonchev–Trinajstić information content (AvgIpc) is 2.58. The summed E-state index contributed by atoms with van der Waals surface area (Å²) in [6.45, 7) is 0.0573. The molecule has 13 heteroatoms. The van der Waals surface area contributed by atoms with E-state index in [1.165, 1.54) is 12.1 Å². The van der Waals surface area contributed by atoms with E-state index in [2.05, 4.69) is 4.18 Å². The van der Waals surface area contributed by atoms with Gasteiger partial charge in [0.05, 0.1) is 31.3 Å². The summed E-state index contributed by atoms with van der Waals surface area (Å²) in [5.41, 5.74) is -4.65. The molecule has 0 spiro atoms. The Labute approximate surface area is 154 Å². The molecule has 8 nitrogen and oxygen atoms in total. The lowest BCUT2D eigenvalue weighted by Gasteiger charge is -2.28. The second kappa shape index (κ2) is 8.41. The molecule has 0 unspecified atom stereocenters. The summed E-state index contributed by atoms with van der Waals surface area (Å²) in [7, 11) is -9.71. The molecule has 0 radical (unpaired) electrons. The summed E-state index contributed by atoms with van der Waals surface area (Å²) in [5.74, 6) is 0. The van der Waals surface area contributed by atoms with Crippen LogP contribution in [0.2, 0.25) is 0 Å². The lowest BCUT2D eigenvalue weighted by molar-refractivity contribution is -0.151. The summed E-state index contributed by atoms with van der Waals surface area (Å²) in [5, 5.41) is 0. The molecule has 1 aliphatic heterocycles. The van der Waals surface area contributed by atoms with Gasteiger partial charge in [0.2, 0.25) is 0 Å². The van der Waals surface area contributed by atoms with Crippen molar-refractivity contribution in [1.82, 2.24) is 0 Å². The molecule has 0 bridgehead atoms. The van der Waals surface area contributed by atoms with Crippen LogP contribution in [0.4, 0.5) is 13.2 Å². The van der Waals surface area contributed by atoms with E-state index < -0.39 is 44.6 Å². The minimum atomic E-state index is -5.71. The second-order valence-corrected chi connectivity index (χ2v) is 8.87. The average molecular weight is 434 g/mol. The molecule has 2 atom stereocenters. The molecule has 1 aromatic rings. The summed E-state index contributed by atoms with van der Waals surface area (Å²) in [4.78, 5) is -0.0338. The van der Waals surface area contributed by atoms with Crippen molar-refractivity contribution in [2.24, 2.45) is 0 Å². The number of halogens is 3. The van der Waals surface area contributed by atoms with Gasteiger partial charge in [-0.15, -0.1) is 0 Å². The Kier molecular flexibility index (Phi) is 6.86. The third-order valence-corrected chi connectivity index (χ3v) is 5.76. The first-order valence-corrected chi connectivity index (χ1v) is 10.4. The fraction of sp³-hybridized carbons (Fsp3) is 0.571. The molecule has 0 N–H and O–H groups in total. The molecule has 1 saturated heterocycles. The van der Waals surface area contributed by atoms with Crippen molar-refractivity contribution >= 4 is 20.2 Å². The largest absolute Gasteiger partial charge is 0.523 e. The van der Waals surface area contributed by atoms with Crippen LogP contribution in [-0.2, 0) is 38.1 Å². The summed E-state index contributed by atoms with van der Waals surface area (Å²) >= 11 is 0. The quantitative estimate of drug-likeness (QED) is 0.468. The van der Waals surface area contributed by atoms with Gasteiger partial charge in [-0.2, -0.15) is 30.0 Å². The smallest absolute Gasteiger partial charge is 0.371 e. The zero-order chi connectivity index (χ0) is 20.3. The highest BCUT2D eigenvalue weighted by atomic mass is 32.2. The molecule has 1 heterocycles. The highest BCUT2D eigenvalue weighted by Gasteiger charge is 2.47. The van der Waals surface area contributed by atoms with Crippen LogP contribution in [-0.4, -0.2) is 61.0 Å². The van der Waals surface area contributed by atoms with E-state index in [1.54, 1.807) is 19.1 Å². The van der Waals surface area contributed by atoms with Gasteiger partial charge in [0, 0.05) is 0 Å². The summed E-state index contributed by atoms with van der Waals surface area (Å²) < 4.78 is 101. The molecule has 0 amide bonds. The molecule has 0 aromatic heterocycles. The van der Waals surface area contributed by atoms with Gasteiger partial charge >= 0.3 is 15.6 Å². The zero-order valence-electron chi connectivity index (χ0n) is 14.0. The molecule has 1 aromatic carbocycles. The number of hydrogen-bond acceptors (Lipinski definition) is 8. The van der Waals surface area contributed by atoms with Gasteiger partial charge in [0.1, 0.15) is 12.2 Å². The SMILES string of the molecule is Cc1ccc(S(=O)(=O)OC[C@@H]2CO[C@@H](COS(=O)(=O)C(F)(F)F)CO2)cc1. The van der Waals surface area contributed by atoms with Crippen molar-refractivity contribution in [3.8, 4) is 0 Å². The summed E-state index contributed by atoms with van der Waals surface area (Å²) in [6.07, 6.45) is -1.84. The number of rotatable bonds is 7. The molecule has 27 heavy (non-hydrogen) atoms. The molecule has 2 rings (SSSR count). The second-order valence-electron chi connectivity index (χ2n) is 5.65. The highest BCUT2D eigenvalue weighted by Crippen LogP contribution is 2.25. The van der Waals surface area contributed by atoms with Gasteiger partial charge in [-0.1, -0.05) is 17.7 Å². The topological polar surface area (TPSA) is 105 Å². The first kappa shape index (κ1) is 22.0. The third-order valence-electron chi connectivity index (χ3n) is 3.45. The van der Waals surface area contributed by atoms with E-state index in [0.717, 1.165) is 5.56 Å². The van der Waals surface area contributed by atoms with Gasteiger partial charge in [-0.05, 0) is 19.1 Å². The first-order chi connectivity index (χ1) is 12.4.